The normalized spacial score (nSPS) is 10.8. The summed E-state index contributed by atoms with van der Waals surface area (Å²) < 4.78 is 1.04. The fraction of sp³-hybridized carbons (Fsp3) is 0.118. The van der Waals surface area contributed by atoms with E-state index in [9.17, 15) is 4.79 Å². The second-order valence-corrected chi connectivity index (χ2v) is 6.44. The van der Waals surface area contributed by atoms with Crippen molar-refractivity contribution in [1.82, 2.24) is 0 Å². The Morgan fingerprint density at radius 2 is 1.90 bits per heavy atom. The van der Waals surface area contributed by atoms with Gasteiger partial charge in [0.05, 0.1) is 5.02 Å². The van der Waals surface area contributed by atoms with Crippen molar-refractivity contribution in [2.45, 2.75) is 13.8 Å². The molecule has 21 heavy (non-hydrogen) atoms. The predicted molar refractivity (Wildman–Crippen MR) is 90.7 cm³/mol. The lowest BCUT2D eigenvalue weighted by molar-refractivity contribution is 0.103. The van der Waals surface area contributed by atoms with Gasteiger partial charge in [-0.2, -0.15) is 0 Å². The van der Waals surface area contributed by atoms with Crippen LogP contribution < -0.4 is 5.32 Å². The zero-order valence-electron chi connectivity index (χ0n) is 11.7. The molecule has 0 aliphatic rings. The van der Waals surface area contributed by atoms with E-state index in [-0.39, 0.29) is 5.91 Å². The van der Waals surface area contributed by atoms with Crippen LogP contribution >= 0.6 is 22.9 Å². The van der Waals surface area contributed by atoms with E-state index in [0.717, 1.165) is 26.9 Å². The summed E-state index contributed by atoms with van der Waals surface area (Å²) >= 11 is 7.79. The summed E-state index contributed by atoms with van der Waals surface area (Å²) in [7, 11) is 0. The molecule has 3 aromatic rings. The quantitative estimate of drug-likeness (QED) is 0.671. The average molecular weight is 316 g/mol. The first-order valence-electron chi connectivity index (χ1n) is 6.62. The molecule has 0 bridgehead atoms. The number of para-hydroxylation sites is 1. The molecule has 1 heterocycles. The van der Waals surface area contributed by atoms with E-state index >= 15 is 0 Å². The van der Waals surface area contributed by atoms with Crippen LogP contribution in [-0.4, -0.2) is 5.91 Å². The molecule has 2 nitrogen and oxygen atoms in total. The largest absolute Gasteiger partial charge is 0.321 e. The number of benzene rings is 2. The standard InChI is InChI=1S/C17H14ClNOS/c1-10-7-8-12-14(9-10)21-16(15(12)18)17(20)19-13-6-4-3-5-11(13)2/h3-9H,1-2H3,(H,19,20). The molecule has 0 spiro atoms. The molecule has 0 saturated carbocycles. The summed E-state index contributed by atoms with van der Waals surface area (Å²) in [5, 5.41) is 4.39. The van der Waals surface area contributed by atoms with Gasteiger partial charge in [0.1, 0.15) is 4.88 Å². The van der Waals surface area contributed by atoms with Crippen molar-refractivity contribution in [1.29, 1.82) is 0 Å². The molecule has 0 atom stereocenters. The van der Waals surface area contributed by atoms with Crippen molar-refractivity contribution in [3.63, 3.8) is 0 Å². The first kappa shape index (κ1) is 14.1. The van der Waals surface area contributed by atoms with Gasteiger partial charge in [0.2, 0.25) is 0 Å². The fourth-order valence-corrected chi connectivity index (χ4v) is 3.72. The van der Waals surface area contributed by atoms with Crippen LogP contribution in [-0.2, 0) is 0 Å². The van der Waals surface area contributed by atoms with Crippen LogP contribution in [0.25, 0.3) is 10.1 Å². The highest BCUT2D eigenvalue weighted by molar-refractivity contribution is 7.21. The summed E-state index contributed by atoms with van der Waals surface area (Å²) in [6.07, 6.45) is 0. The lowest BCUT2D eigenvalue weighted by atomic mass is 10.2. The van der Waals surface area contributed by atoms with Gasteiger partial charge >= 0.3 is 0 Å². The van der Waals surface area contributed by atoms with Gasteiger partial charge in [0, 0.05) is 15.8 Å². The maximum Gasteiger partial charge on any atom is 0.267 e. The minimum Gasteiger partial charge on any atom is -0.321 e. The second kappa shape index (κ2) is 5.51. The van der Waals surface area contributed by atoms with Gasteiger partial charge in [-0.15, -0.1) is 11.3 Å². The molecule has 3 rings (SSSR count). The highest BCUT2D eigenvalue weighted by Gasteiger charge is 2.17. The molecule has 4 heteroatoms. The number of halogens is 1. The molecule has 1 N–H and O–H groups in total. The Labute approximate surface area is 132 Å². The van der Waals surface area contributed by atoms with Crippen molar-refractivity contribution < 1.29 is 4.79 Å². The highest BCUT2D eigenvalue weighted by atomic mass is 35.5. The van der Waals surface area contributed by atoms with Crippen LogP contribution in [0.1, 0.15) is 20.8 Å². The highest BCUT2D eigenvalue weighted by Crippen LogP contribution is 2.36. The van der Waals surface area contributed by atoms with Crippen LogP contribution in [0.15, 0.2) is 42.5 Å². The number of nitrogens with one attached hydrogen (secondary N) is 1. The topological polar surface area (TPSA) is 29.1 Å². The molecular weight excluding hydrogens is 302 g/mol. The molecule has 106 valence electrons. The zero-order chi connectivity index (χ0) is 15.0. The molecular formula is C17H14ClNOS. The van der Waals surface area contributed by atoms with Crippen molar-refractivity contribution in [3.05, 3.63) is 63.5 Å². The Kier molecular flexibility index (Phi) is 3.70. The smallest absolute Gasteiger partial charge is 0.267 e. The van der Waals surface area contributed by atoms with Crippen molar-refractivity contribution >= 4 is 44.6 Å². The van der Waals surface area contributed by atoms with Gasteiger partial charge in [-0.1, -0.05) is 41.9 Å². The Morgan fingerprint density at radius 1 is 1.14 bits per heavy atom. The summed E-state index contributed by atoms with van der Waals surface area (Å²) in [5.74, 6) is -0.159. The summed E-state index contributed by atoms with van der Waals surface area (Å²) in [5.41, 5.74) is 3.00. The summed E-state index contributed by atoms with van der Waals surface area (Å²) in [6.45, 7) is 3.99. The number of carbonyl (C=O) groups excluding carboxylic acids is 1. The number of anilines is 1. The Balaban J connectivity index is 1.98. The van der Waals surface area contributed by atoms with Gasteiger partial charge in [-0.25, -0.2) is 0 Å². The van der Waals surface area contributed by atoms with E-state index in [1.165, 1.54) is 11.3 Å². The van der Waals surface area contributed by atoms with E-state index in [0.29, 0.717) is 9.90 Å². The molecule has 0 unspecified atom stereocenters. The van der Waals surface area contributed by atoms with Gasteiger partial charge in [-0.3, -0.25) is 4.79 Å². The van der Waals surface area contributed by atoms with Crippen LogP contribution in [0.4, 0.5) is 5.69 Å². The van der Waals surface area contributed by atoms with Crippen LogP contribution in [0.5, 0.6) is 0 Å². The van der Waals surface area contributed by atoms with E-state index in [1.54, 1.807) is 0 Å². The maximum atomic E-state index is 12.5. The lowest BCUT2D eigenvalue weighted by Gasteiger charge is -2.06. The van der Waals surface area contributed by atoms with E-state index < -0.39 is 0 Å². The van der Waals surface area contributed by atoms with E-state index in [1.807, 2.05) is 50.2 Å². The van der Waals surface area contributed by atoms with E-state index in [4.69, 9.17) is 11.6 Å². The fourth-order valence-electron chi connectivity index (χ4n) is 2.21. The number of hydrogen-bond donors (Lipinski definition) is 1. The second-order valence-electron chi connectivity index (χ2n) is 5.01. The molecule has 0 saturated heterocycles. The van der Waals surface area contributed by atoms with Crippen molar-refractivity contribution in [2.75, 3.05) is 5.32 Å². The third-order valence-corrected chi connectivity index (χ3v) is 5.04. The number of fused-ring (bicyclic) bond motifs is 1. The molecule has 0 fully saturated rings. The van der Waals surface area contributed by atoms with Gasteiger partial charge in [-0.05, 0) is 37.1 Å². The molecule has 1 amide bonds. The van der Waals surface area contributed by atoms with Crippen molar-refractivity contribution in [2.24, 2.45) is 0 Å². The number of amides is 1. The third kappa shape index (κ3) is 2.67. The summed E-state index contributed by atoms with van der Waals surface area (Å²) in [6, 6.07) is 13.7. The van der Waals surface area contributed by atoms with Gasteiger partial charge in [0.15, 0.2) is 0 Å². The predicted octanol–water partition coefficient (Wildman–Crippen LogP) is 5.42. The monoisotopic (exact) mass is 315 g/mol. The van der Waals surface area contributed by atoms with Gasteiger partial charge < -0.3 is 5.32 Å². The Morgan fingerprint density at radius 3 is 2.67 bits per heavy atom. The molecule has 0 radical (unpaired) electrons. The first-order valence-corrected chi connectivity index (χ1v) is 7.81. The summed E-state index contributed by atoms with van der Waals surface area (Å²) in [4.78, 5) is 13.0. The van der Waals surface area contributed by atoms with Crippen molar-refractivity contribution in [3.8, 4) is 0 Å². The Bertz CT molecular complexity index is 838. The lowest BCUT2D eigenvalue weighted by Crippen LogP contribution is -2.11. The number of thiophene rings is 1. The first-order chi connectivity index (χ1) is 10.1. The number of rotatable bonds is 2. The third-order valence-electron chi connectivity index (χ3n) is 3.38. The molecule has 1 aromatic heterocycles. The average Bonchev–Trinajstić information content (AvgIpc) is 2.78. The molecule has 2 aromatic carbocycles. The molecule has 0 aliphatic heterocycles. The SMILES string of the molecule is Cc1ccc2c(Cl)c(C(=O)Nc3ccccc3C)sc2c1. The minimum atomic E-state index is -0.159. The van der Waals surface area contributed by atoms with Crippen LogP contribution in [0, 0.1) is 13.8 Å². The number of carbonyl (C=O) groups is 1. The zero-order valence-corrected chi connectivity index (χ0v) is 13.3. The number of hydrogen-bond acceptors (Lipinski definition) is 2. The van der Waals surface area contributed by atoms with E-state index in [2.05, 4.69) is 11.4 Å². The number of aryl methyl sites for hydroxylation is 2. The van der Waals surface area contributed by atoms with Gasteiger partial charge in [0.25, 0.3) is 5.91 Å². The minimum absolute atomic E-state index is 0.159. The van der Waals surface area contributed by atoms with Crippen LogP contribution in [0.2, 0.25) is 5.02 Å². The van der Waals surface area contributed by atoms with Crippen LogP contribution in [0.3, 0.4) is 0 Å². The maximum absolute atomic E-state index is 12.5. The molecule has 0 aliphatic carbocycles. The Hall–Kier alpha value is -1.84.